The molecule has 0 spiro atoms. The average Bonchev–Trinajstić information content (AvgIpc) is 2.84. The predicted molar refractivity (Wildman–Crippen MR) is 129 cm³/mol. The van der Waals surface area contributed by atoms with Gasteiger partial charge in [-0.05, 0) is 48.7 Å². The summed E-state index contributed by atoms with van der Waals surface area (Å²) in [5.41, 5.74) is 3.71. The van der Waals surface area contributed by atoms with E-state index < -0.39 is 16.7 Å². The van der Waals surface area contributed by atoms with E-state index in [1.807, 2.05) is 6.92 Å². The van der Waals surface area contributed by atoms with Crippen LogP contribution in [0.1, 0.15) is 29.2 Å². The first kappa shape index (κ1) is 26.2. The molecule has 3 aromatic rings. The van der Waals surface area contributed by atoms with E-state index in [0.29, 0.717) is 35.7 Å². The van der Waals surface area contributed by atoms with Crippen molar-refractivity contribution in [2.75, 3.05) is 12.0 Å². The Balaban J connectivity index is 1.81. The predicted octanol–water partition coefficient (Wildman–Crippen LogP) is 6.16. The third-order valence-corrected chi connectivity index (χ3v) is 4.81. The number of nitro groups is 1. The zero-order valence-electron chi connectivity index (χ0n) is 19.3. The topological polar surface area (TPSA) is 98.9 Å². The number of ether oxygens (including phenoxy) is 2. The molecular weight excluding hydrogens is 477 g/mol. The van der Waals surface area contributed by atoms with Gasteiger partial charge in [0, 0.05) is 23.9 Å². The number of aromatic nitrogens is 1. The van der Waals surface area contributed by atoms with Crippen molar-refractivity contribution in [3.63, 3.8) is 0 Å². The lowest BCUT2D eigenvalue weighted by Gasteiger charge is -2.17. The number of allylic oxidation sites excluding steroid dienone is 1. The summed E-state index contributed by atoms with van der Waals surface area (Å²) in [5, 5.41) is 15.1. The van der Waals surface area contributed by atoms with Crippen LogP contribution in [0.15, 0.2) is 72.5 Å². The summed E-state index contributed by atoms with van der Waals surface area (Å²) < 4.78 is 49.8. The van der Waals surface area contributed by atoms with Crippen LogP contribution in [0.25, 0.3) is 0 Å². The van der Waals surface area contributed by atoms with Crippen molar-refractivity contribution in [2.45, 2.75) is 26.1 Å². The van der Waals surface area contributed by atoms with E-state index in [2.05, 4.69) is 22.1 Å². The highest BCUT2D eigenvalue weighted by molar-refractivity contribution is 5.82. The van der Waals surface area contributed by atoms with Crippen LogP contribution in [-0.2, 0) is 19.2 Å². The van der Waals surface area contributed by atoms with Crippen LogP contribution in [0, 0.1) is 10.1 Å². The average molecular weight is 500 g/mol. The maximum atomic E-state index is 12.7. The van der Waals surface area contributed by atoms with Crippen LogP contribution in [0.4, 0.5) is 24.7 Å². The van der Waals surface area contributed by atoms with Crippen LogP contribution < -0.4 is 14.9 Å². The van der Waals surface area contributed by atoms with Gasteiger partial charge in [0.1, 0.15) is 12.4 Å². The number of hydrazone groups is 1. The fraction of sp³-hybridized carbons (Fsp3) is 0.200. The van der Waals surface area contributed by atoms with E-state index in [1.165, 1.54) is 24.4 Å². The second-order valence-electron chi connectivity index (χ2n) is 7.45. The molecule has 0 aliphatic carbocycles. The first-order chi connectivity index (χ1) is 17.2. The number of pyridine rings is 1. The van der Waals surface area contributed by atoms with Gasteiger partial charge in [0.2, 0.25) is 0 Å². The zero-order valence-corrected chi connectivity index (χ0v) is 19.3. The number of hydrogen-bond acceptors (Lipinski definition) is 7. The van der Waals surface area contributed by atoms with Gasteiger partial charge in [0.25, 0.3) is 5.69 Å². The van der Waals surface area contributed by atoms with Crippen LogP contribution in [0.3, 0.4) is 0 Å². The Bertz CT molecular complexity index is 1250. The molecule has 3 rings (SSSR count). The van der Waals surface area contributed by atoms with E-state index in [9.17, 15) is 23.3 Å². The lowest BCUT2D eigenvalue weighted by molar-refractivity contribution is -0.384. The quantitative estimate of drug-likeness (QED) is 0.147. The number of non-ortho nitro benzene ring substituents is 1. The maximum absolute atomic E-state index is 12.7. The molecule has 0 atom stereocenters. The van der Waals surface area contributed by atoms with Crippen molar-refractivity contribution >= 4 is 17.7 Å². The van der Waals surface area contributed by atoms with E-state index in [0.717, 1.165) is 17.8 Å². The molecule has 0 saturated carbocycles. The van der Waals surface area contributed by atoms with Gasteiger partial charge < -0.3 is 9.47 Å². The first-order valence-electron chi connectivity index (χ1n) is 10.8. The second kappa shape index (κ2) is 11.8. The molecule has 0 saturated heterocycles. The number of rotatable bonds is 11. The highest BCUT2D eigenvalue weighted by atomic mass is 19.4. The van der Waals surface area contributed by atoms with Gasteiger partial charge in [0.15, 0.2) is 11.5 Å². The summed E-state index contributed by atoms with van der Waals surface area (Å²) in [6, 6.07) is 11.7. The number of alkyl halides is 3. The molecule has 188 valence electrons. The third-order valence-electron chi connectivity index (χ3n) is 4.81. The number of hydrogen-bond donors (Lipinski definition) is 1. The van der Waals surface area contributed by atoms with E-state index >= 15 is 0 Å². The minimum Gasteiger partial charge on any atom is -0.490 e. The standard InChI is InChI=1S/C25H23F3N4O4/c1-3-6-19-11-18(14-30-31-23-10-9-20(15-29-23)25(26,27)28)13-22(35-4-2)24(19)36-16-17-7-5-8-21(12-17)32(33)34/h3,5,7-15H,1,4,6,16H2,2H3,(H,29,31)/b30-14-. The third kappa shape index (κ3) is 7.05. The SMILES string of the molecule is C=CCc1cc(/C=N\Nc2ccc(C(F)(F)F)cn2)cc(OCC)c1OCc1cccc([N+](=O)[O-])c1. The molecule has 1 N–H and O–H groups in total. The highest BCUT2D eigenvalue weighted by Gasteiger charge is 2.30. The van der Waals surface area contributed by atoms with Crippen molar-refractivity contribution in [1.29, 1.82) is 0 Å². The van der Waals surface area contributed by atoms with Gasteiger partial charge in [-0.2, -0.15) is 18.3 Å². The lowest BCUT2D eigenvalue weighted by atomic mass is 10.1. The van der Waals surface area contributed by atoms with Crippen LogP contribution in [0.5, 0.6) is 11.5 Å². The Morgan fingerprint density at radius 3 is 2.64 bits per heavy atom. The molecule has 1 aromatic heterocycles. The van der Waals surface area contributed by atoms with Crippen molar-refractivity contribution in [3.8, 4) is 11.5 Å². The summed E-state index contributed by atoms with van der Waals surface area (Å²) in [6.07, 6.45) is -0.138. The van der Waals surface area contributed by atoms with E-state index in [-0.39, 0.29) is 18.1 Å². The molecule has 2 aromatic carbocycles. The molecule has 0 radical (unpaired) electrons. The second-order valence-corrected chi connectivity index (χ2v) is 7.45. The summed E-state index contributed by atoms with van der Waals surface area (Å²) in [4.78, 5) is 14.3. The normalized spacial score (nSPS) is 11.3. The van der Waals surface area contributed by atoms with Crippen molar-refractivity contribution in [1.82, 2.24) is 4.98 Å². The monoisotopic (exact) mass is 500 g/mol. The Labute approximate surface area is 205 Å². The molecule has 11 heteroatoms. The molecular formula is C25H23F3N4O4. The fourth-order valence-electron chi connectivity index (χ4n) is 3.21. The molecule has 0 amide bonds. The molecule has 0 fully saturated rings. The van der Waals surface area contributed by atoms with Gasteiger partial charge in [-0.25, -0.2) is 4.98 Å². The van der Waals surface area contributed by atoms with Gasteiger partial charge in [-0.1, -0.05) is 18.2 Å². The number of benzene rings is 2. The smallest absolute Gasteiger partial charge is 0.417 e. The minimum absolute atomic E-state index is 0.0333. The number of nitro benzene ring substituents is 1. The molecule has 36 heavy (non-hydrogen) atoms. The number of halogens is 3. The van der Waals surface area contributed by atoms with E-state index in [4.69, 9.17) is 9.47 Å². The largest absolute Gasteiger partial charge is 0.490 e. The van der Waals surface area contributed by atoms with Gasteiger partial charge in [0.05, 0.1) is 23.3 Å². The molecule has 0 aliphatic rings. The first-order valence-corrected chi connectivity index (χ1v) is 10.8. The Kier molecular flexibility index (Phi) is 8.61. The van der Waals surface area contributed by atoms with Crippen LogP contribution in [-0.4, -0.2) is 22.7 Å². The lowest BCUT2D eigenvalue weighted by Crippen LogP contribution is -2.06. The van der Waals surface area contributed by atoms with E-state index in [1.54, 1.807) is 30.3 Å². The fourth-order valence-corrected chi connectivity index (χ4v) is 3.21. The van der Waals surface area contributed by atoms with Crippen molar-refractivity contribution < 1.29 is 27.6 Å². The van der Waals surface area contributed by atoms with Crippen LogP contribution in [0.2, 0.25) is 0 Å². The Morgan fingerprint density at radius 1 is 1.19 bits per heavy atom. The molecule has 0 bridgehead atoms. The zero-order chi connectivity index (χ0) is 26.1. The van der Waals surface area contributed by atoms with Crippen molar-refractivity contribution in [3.05, 3.63) is 99.8 Å². The highest BCUT2D eigenvalue weighted by Crippen LogP contribution is 2.34. The van der Waals surface area contributed by atoms with Gasteiger partial charge >= 0.3 is 6.18 Å². The number of nitrogens with zero attached hydrogens (tertiary/aromatic N) is 3. The van der Waals surface area contributed by atoms with Gasteiger partial charge in [-0.3, -0.25) is 15.5 Å². The molecule has 8 nitrogen and oxygen atoms in total. The molecule has 0 unspecified atom stereocenters. The Morgan fingerprint density at radius 2 is 2.00 bits per heavy atom. The number of anilines is 1. The summed E-state index contributed by atoms with van der Waals surface area (Å²) >= 11 is 0. The van der Waals surface area contributed by atoms with Gasteiger partial charge in [-0.15, -0.1) is 6.58 Å². The number of nitrogens with one attached hydrogen (secondary N) is 1. The van der Waals surface area contributed by atoms with Crippen molar-refractivity contribution in [2.24, 2.45) is 5.10 Å². The van der Waals surface area contributed by atoms with Crippen LogP contribution >= 0.6 is 0 Å². The molecule has 1 heterocycles. The molecule has 0 aliphatic heterocycles. The summed E-state index contributed by atoms with van der Waals surface area (Å²) in [7, 11) is 0. The minimum atomic E-state index is -4.47. The summed E-state index contributed by atoms with van der Waals surface area (Å²) in [5.74, 6) is 1.06. The Hall–Kier alpha value is -4.41. The summed E-state index contributed by atoms with van der Waals surface area (Å²) in [6.45, 7) is 6.03. The maximum Gasteiger partial charge on any atom is 0.417 e.